The SMILES string of the molecule is Cc1ccc(OCc2ccnc(Cl)c2)c(Cl)c1. The number of aryl methyl sites for hydroxylation is 1. The summed E-state index contributed by atoms with van der Waals surface area (Å²) in [6.45, 7) is 2.41. The fraction of sp³-hybridized carbons (Fsp3) is 0.154. The summed E-state index contributed by atoms with van der Waals surface area (Å²) in [5.41, 5.74) is 2.07. The minimum absolute atomic E-state index is 0.422. The highest BCUT2D eigenvalue weighted by Gasteiger charge is 2.02. The molecule has 0 saturated heterocycles. The second-order valence-electron chi connectivity index (χ2n) is 3.71. The summed E-state index contributed by atoms with van der Waals surface area (Å²) in [5.74, 6) is 0.671. The Morgan fingerprint density at radius 2 is 2.00 bits per heavy atom. The Hall–Kier alpha value is -1.25. The number of nitrogens with zero attached hydrogens (tertiary/aromatic N) is 1. The molecule has 17 heavy (non-hydrogen) atoms. The van der Waals surface area contributed by atoms with E-state index < -0.39 is 0 Å². The first kappa shape index (κ1) is 12.2. The van der Waals surface area contributed by atoms with Gasteiger partial charge in [-0.2, -0.15) is 0 Å². The van der Waals surface area contributed by atoms with Crippen LogP contribution in [-0.4, -0.2) is 4.98 Å². The van der Waals surface area contributed by atoms with E-state index in [0.29, 0.717) is 22.5 Å². The van der Waals surface area contributed by atoms with Crippen molar-refractivity contribution in [2.24, 2.45) is 0 Å². The number of aromatic nitrogens is 1. The van der Waals surface area contributed by atoms with Gasteiger partial charge in [-0.3, -0.25) is 0 Å². The van der Waals surface area contributed by atoms with Crippen molar-refractivity contribution in [1.82, 2.24) is 4.98 Å². The molecule has 2 aromatic rings. The van der Waals surface area contributed by atoms with E-state index in [-0.39, 0.29) is 0 Å². The van der Waals surface area contributed by atoms with Gasteiger partial charge in [0.05, 0.1) is 5.02 Å². The van der Waals surface area contributed by atoms with E-state index in [9.17, 15) is 0 Å². The van der Waals surface area contributed by atoms with Crippen LogP contribution < -0.4 is 4.74 Å². The monoisotopic (exact) mass is 267 g/mol. The molecule has 1 aromatic heterocycles. The van der Waals surface area contributed by atoms with Crippen LogP contribution in [-0.2, 0) is 6.61 Å². The molecule has 0 aliphatic carbocycles. The summed E-state index contributed by atoms with van der Waals surface area (Å²) < 4.78 is 5.61. The lowest BCUT2D eigenvalue weighted by molar-refractivity contribution is 0.306. The molecule has 0 fully saturated rings. The molecular weight excluding hydrogens is 257 g/mol. The molecular formula is C13H11Cl2NO. The fourth-order valence-corrected chi connectivity index (χ4v) is 1.90. The van der Waals surface area contributed by atoms with Gasteiger partial charge in [-0.25, -0.2) is 4.98 Å². The van der Waals surface area contributed by atoms with E-state index in [2.05, 4.69) is 4.98 Å². The molecule has 2 rings (SSSR count). The van der Waals surface area contributed by atoms with Gasteiger partial charge in [-0.1, -0.05) is 29.3 Å². The average Bonchev–Trinajstić information content (AvgIpc) is 2.28. The number of rotatable bonds is 3. The summed E-state index contributed by atoms with van der Waals surface area (Å²) in [7, 11) is 0. The molecule has 0 amide bonds. The van der Waals surface area contributed by atoms with Crippen molar-refractivity contribution in [3.8, 4) is 5.75 Å². The van der Waals surface area contributed by atoms with Crippen LogP contribution in [0.1, 0.15) is 11.1 Å². The van der Waals surface area contributed by atoms with Crippen LogP contribution in [0.25, 0.3) is 0 Å². The molecule has 0 saturated carbocycles. The normalized spacial score (nSPS) is 10.3. The molecule has 0 unspecified atom stereocenters. The highest BCUT2D eigenvalue weighted by molar-refractivity contribution is 6.32. The summed E-state index contributed by atoms with van der Waals surface area (Å²) in [4.78, 5) is 3.91. The molecule has 88 valence electrons. The van der Waals surface area contributed by atoms with Gasteiger partial charge in [0, 0.05) is 6.20 Å². The van der Waals surface area contributed by atoms with Crippen molar-refractivity contribution in [3.05, 3.63) is 57.8 Å². The maximum atomic E-state index is 6.06. The van der Waals surface area contributed by atoms with E-state index >= 15 is 0 Å². The van der Waals surface area contributed by atoms with Crippen molar-refractivity contribution >= 4 is 23.2 Å². The number of hydrogen-bond acceptors (Lipinski definition) is 2. The highest BCUT2D eigenvalue weighted by Crippen LogP contribution is 2.26. The smallest absolute Gasteiger partial charge is 0.138 e. The third-order valence-electron chi connectivity index (χ3n) is 2.27. The fourth-order valence-electron chi connectivity index (χ4n) is 1.42. The van der Waals surface area contributed by atoms with Crippen LogP contribution in [0.2, 0.25) is 10.2 Å². The Bertz CT molecular complexity index is 529. The van der Waals surface area contributed by atoms with Crippen LogP contribution in [0.15, 0.2) is 36.5 Å². The third kappa shape index (κ3) is 3.35. The van der Waals surface area contributed by atoms with Gasteiger partial charge in [0.25, 0.3) is 0 Å². The first-order chi connectivity index (χ1) is 8.15. The van der Waals surface area contributed by atoms with Gasteiger partial charge in [-0.05, 0) is 42.3 Å². The van der Waals surface area contributed by atoms with Crippen LogP contribution in [0.5, 0.6) is 5.75 Å². The average molecular weight is 268 g/mol. The minimum Gasteiger partial charge on any atom is -0.487 e. The Labute approximate surface area is 110 Å². The Kier molecular flexibility index (Phi) is 3.87. The maximum Gasteiger partial charge on any atom is 0.138 e. The molecule has 4 heteroatoms. The summed E-state index contributed by atoms with van der Waals surface area (Å²) >= 11 is 11.8. The predicted molar refractivity (Wildman–Crippen MR) is 69.8 cm³/mol. The van der Waals surface area contributed by atoms with Crippen molar-refractivity contribution in [1.29, 1.82) is 0 Å². The first-order valence-electron chi connectivity index (χ1n) is 5.14. The largest absolute Gasteiger partial charge is 0.487 e. The molecule has 1 aromatic carbocycles. The standard InChI is InChI=1S/C13H11Cl2NO/c1-9-2-3-12(11(14)6-9)17-8-10-4-5-16-13(15)7-10/h2-7H,8H2,1H3. The third-order valence-corrected chi connectivity index (χ3v) is 2.77. The second kappa shape index (κ2) is 5.39. The van der Waals surface area contributed by atoms with Crippen LogP contribution in [0.3, 0.4) is 0 Å². The van der Waals surface area contributed by atoms with Gasteiger partial charge in [0.15, 0.2) is 0 Å². The second-order valence-corrected chi connectivity index (χ2v) is 4.50. The lowest BCUT2D eigenvalue weighted by Gasteiger charge is -2.08. The van der Waals surface area contributed by atoms with E-state index in [4.69, 9.17) is 27.9 Å². The Morgan fingerprint density at radius 1 is 1.18 bits per heavy atom. The lowest BCUT2D eigenvalue weighted by atomic mass is 10.2. The summed E-state index contributed by atoms with van der Waals surface area (Å²) in [5, 5.41) is 1.08. The van der Waals surface area contributed by atoms with E-state index in [1.165, 1.54) is 0 Å². The van der Waals surface area contributed by atoms with Crippen LogP contribution in [0.4, 0.5) is 0 Å². The van der Waals surface area contributed by atoms with Crippen molar-refractivity contribution in [3.63, 3.8) is 0 Å². The quantitative estimate of drug-likeness (QED) is 0.775. The molecule has 1 heterocycles. The minimum atomic E-state index is 0.422. The van der Waals surface area contributed by atoms with Crippen molar-refractivity contribution in [2.75, 3.05) is 0 Å². The topological polar surface area (TPSA) is 22.1 Å². The zero-order valence-electron chi connectivity index (χ0n) is 9.28. The Balaban J connectivity index is 2.07. The van der Waals surface area contributed by atoms with Crippen molar-refractivity contribution in [2.45, 2.75) is 13.5 Å². The zero-order valence-corrected chi connectivity index (χ0v) is 10.8. The molecule has 0 aliphatic rings. The predicted octanol–water partition coefficient (Wildman–Crippen LogP) is 4.28. The number of benzene rings is 1. The zero-order chi connectivity index (χ0) is 12.3. The number of ether oxygens (including phenoxy) is 1. The molecule has 0 aliphatic heterocycles. The first-order valence-corrected chi connectivity index (χ1v) is 5.90. The number of pyridine rings is 1. The van der Waals surface area contributed by atoms with E-state index in [1.54, 1.807) is 12.3 Å². The summed E-state index contributed by atoms with van der Waals surface area (Å²) in [6, 6.07) is 9.31. The molecule has 0 radical (unpaired) electrons. The number of hydrogen-bond donors (Lipinski definition) is 0. The summed E-state index contributed by atoms with van der Waals surface area (Å²) in [6.07, 6.45) is 1.65. The van der Waals surface area contributed by atoms with Crippen LogP contribution >= 0.6 is 23.2 Å². The lowest BCUT2D eigenvalue weighted by Crippen LogP contribution is -1.96. The number of halogens is 2. The molecule has 0 atom stereocenters. The Morgan fingerprint density at radius 3 is 2.71 bits per heavy atom. The molecule has 0 N–H and O–H groups in total. The van der Waals surface area contributed by atoms with E-state index in [1.807, 2.05) is 31.2 Å². The van der Waals surface area contributed by atoms with Gasteiger partial charge in [0.1, 0.15) is 17.5 Å². The highest BCUT2D eigenvalue weighted by atomic mass is 35.5. The maximum absolute atomic E-state index is 6.06. The molecule has 0 spiro atoms. The van der Waals surface area contributed by atoms with E-state index in [0.717, 1.165) is 11.1 Å². The van der Waals surface area contributed by atoms with Gasteiger partial charge in [-0.15, -0.1) is 0 Å². The van der Waals surface area contributed by atoms with Gasteiger partial charge < -0.3 is 4.74 Å². The van der Waals surface area contributed by atoms with Crippen LogP contribution in [0, 0.1) is 6.92 Å². The van der Waals surface area contributed by atoms with Gasteiger partial charge in [0.2, 0.25) is 0 Å². The van der Waals surface area contributed by atoms with Crippen molar-refractivity contribution < 1.29 is 4.74 Å². The molecule has 2 nitrogen and oxygen atoms in total. The molecule has 0 bridgehead atoms. The van der Waals surface area contributed by atoms with Gasteiger partial charge >= 0.3 is 0 Å².